The van der Waals surface area contributed by atoms with Gasteiger partial charge in [-0.1, -0.05) is 11.6 Å². The summed E-state index contributed by atoms with van der Waals surface area (Å²) in [5.74, 6) is -0.352. The van der Waals surface area contributed by atoms with Crippen LogP contribution in [0.2, 0.25) is 5.15 Å². The standard InChI is InChI=1S/C10H12ClN3O3/c11-8-4-12-5-9(14-8)13-3-6-1-2-7(17-6)10(15)16/h4-7H,1-3H2,(H,13,14)(H,15,16). The monoisotopic (exact) mass is 257 g/mol. The Balaban J connectivity index is 1.82. The number of hydrogen-bond acceptors (Lipinski definition) is 5. The van der Waals surface area contributed by atoms with Gasteiger partial charge in [0.15, 0.2) is 6.10 Å². The summed E-state index contributed by atoms with van der Waals surface area (Å²) in [6.07, 6.45) is 3.46. The number of carboxylic acid groups (broad SMARTS) is 1. The van der Waals surface area contributed by atoms with Gasteiger partial charge >= 0.3 is 5.97 Å². The zero-order valence-corrected chi connectivity index (χ0v) is 9.72. The van der Waals surface area contributed by atoms with Gasteiger partial charge in [-0.25, -0.2) is 9.78 Å². The first-order valence-corrected chi connectivity index (χ1v) is 5.62. The van der Waals surface area contributed by atoms with E-state index in [-0.39, 0.29) is 6.10 Å². The number of nitrogens with zero attached hydrogens (tertiary/aromatic N) is 2. The van der Waals surface area contributed by atoms with Crippen molar-refractivity contribution >= 4 is 23.4 Å². The van der Waals surface area contributed by atoms with Gasteiger partial charge in [0.2, 0.25) is 0 Å². The first-order chi connectivity index (χ1) is 8.15. The number of anilines is 1. The lowest BCUT2D eigenvalue weighted by atomic mass is 10.2. The fourth-order valence-corrected chi connectivity index (χ4v) is 1.83. The topological polar surface area (TPSA) is 84.3 Å². The molecule has 2 atom stereocenters. The van der Waals surface area contributed by atoms with E-state index in [1.807, 2.05) is 0 Å². The second kappa shape index (κ2) is 5.29. The van der Waals surface area contributed by atoms with Crippen molar-refractivity contribution in [2.24, 2.45) is 0 Å². The molecule has 6 nitrogen and oxygen atoms in total. The lowest BCUT2D eigenvalue weighted by Gasteiger charge is -2.12. The Labute approximate surface area is 103 Å². The smallest absolute Gasteiger partial charge is 0.332 e. The summed E-state index contributed by atoms with van der Waals surface area (Å²) in [6.45, 7) is 0.499. The summed E-state index contributed by atoms with van der Waals surface area (Å²) in [4.78, 5) is 18.6. The number of carbonyl (C=O) groups is 1. The van der Waals surface area contributed by atoms with Crippen LogP contribution in [0.4, 0.5) is 5.82 Å². The van der Waals surface area contributed by atoms with Crippen LogP contribution in [0, 0.1) is 0 Å². The summed E-state index contributed by atoms with van der Waals surface area (Å²) in [5, 5.41) is 12.1. The molecule has 1 saturated heterocycles. The molecular weight excluding hydrogens is 246 g/mol. The normalized spacial score (nSPS) is 23.6. The van der Waals surface area contributed by atoms with Gasteiger partial charge in [0.05, 0.1) is 18.5 Å². The van der Waals surface area contributed by atoms with Crippen LogP contribution in [-0.4, -0.2) is 39.8 Å². The van der Waals surface area contributed by atoms with E-state index in [1.54, 1.807) is 6.20 Å². The number of hydrogen-bond donors (Lipinski definition) is 2. The van der Waals surface area contributed by atoms with E-state index in [2.05, 4.69) is 15.3 Å². The largest absolute Gasteiger partial charge is 0.479 e. The second-order valence-corrected chi connectivity index (χ2v) is 4.16. The van der Waals surface area contributed by atoms with Crippen LogP contribution >= 0.6 is 11.6 Å². The molecule has 1 aromatic rings. The Morgan fingerprint density at radius 1 is 1.59 bits per heavy atom. The van der Waals surface area contributed by atoms with E-state index in [9.17, 15) is 4.79 Å². The molecule has 1 aromatic heterocycles. The van der Waals surface area contributed by atoms with Gasteiger partial charge in [-0.05, 0) is 12.8 Å². The number of aliphatic carboxylic acids is 1. The van der Waals surface area contributed by atoms with Crippen molar-refractivity contribution in [3.63, 3.8) is 0 Å². The van der Waals surface area contributed by atoms with E-state index < -0.39 is 12.1 Å². The van der Waals surface area contributed by atoms with Gasteiger partial charge in [0.1, 0.15) is 11.0 Å². The average Bonchev–Trinajstić information content (AvgIpc) is 2.75. The zero-order chi connectivity index (χ0) is 12.3. The average molecular weight is 258 g/mol. The van der Waals surface area contributed by atoms with Crippen molar-refractivity contribution in [1.82, 2.24) is 9.97 Å². The van der Waals surface area contributed by atoms with Crippen molar-refractivity contribution in [3.8, 4) is 0 Å². The molecule has 1 aliphatic heterocycles. The first kappa shape index (κ1) is 12.1. The van der Waals surface area contributed by atoms with Crippen LogP contribution < -0.4 is 5.32 Å². The maximum atomic E-state index is 10.7. The zero-order valence-electron chi connectivity index (χ0n) is 8.97. The van der Waals surface area contributed by atoms with Gasteiger partial charge in [-0.15, -0.1) is 0 Å². The molecule has 0 aromatic carbocycles. The highest BCUT2D eigenvalue weighted by molar-refractivity contribution is 6.29. The number of halogens is 1. The maximum absolute atomic E-state index is 10.7. The minimum absolute atomic E-state index is 0.114. The predicted octanol–water partition coefficient (Wildman–Crippen LogP) is 1.17. The molecule has 17 heavy (non-hydrogen) atoms. The van der Waals surface area contributed by atoms with Crippen molar-refractivity contribution < 1.29 is 14.6 Å². The molecule has 0 aliphatic carbocycles. The molecule has 0 saturated carbocycles. The summed E-state index contributed by atoms with van der Waals surface area (Å²) in [6, 6.07) is 0. The minimum Gasteiger partial charge on any atom is -0.479 e. The Hall–Kier alpha value is -1.40. The quantitative estimate of drug-likeness (QED) is 0.842. The summed E-state index contributed by atoms with van der Waals surface area (Å²) in [5.41, 5.74) is 0. The van der Waals surface area contributed by atoms with Crippen molar-refractivity contribution in [2.75, 3.05) is 11.9 Å². The summed E-state index contributed by atoms with van der Waals surface area (Å²) < 4.78 is 5.33. The highest BCUT2D eigenvalue weighted by Gasteiger charge is 2.30. The van der Waals surface area contributed by atoms with E-state index >= 15 is 0 Å². The number of nitrogens with one attached hydrogen (secondary N) is 1. The van der Waals surface area contributed by atoms with Gasteiger partial charge in [0.25, 0.3) is 0 Å². The maximum Gasteiger partial charge on any atom is 0.332 e. The minimum atomic E-state index is -0.907. The number of aromatic nitrogens is 2. The van der Waals surface area contributed by atoms with Crippen molar-refractivity contribution in [1.29, 1.82) is 0 Å². The molecule has 2 heterocycles. The molecule has 92 valence electrons. The SMILES string of the molecule is O=C(O)C1CCC(CNc2cncc(Cl)n2)O1. The second-order valence-electron chi connectivity index (χ2n) is 3.77. The molecule has 2 unspecified atom stereocenters. The molecule has 0 amide bonds. The number of ether oxygens (including phenoxy) is 1. The first-order valence-electron chi connectivity index (χ1n) is 5.25. The molecule has 0 bridgehead atoms. The summed E-state index contributed by atoms with van der Waals surface area (Å²) in [7, 11) is 0. The third-order valence-corrected chi connectivity index (χ3v) is 2.68. The van der Waals surface area contributed by atoms with Gasteiger partial charge < -0.3 is 15.2 Å². The highest BCUT2D eigenvalue weighted by Crippen LogP contribution is 2.20. The van der Waals surface area contributed by atoms with Crippen molar-refractivity contribution in [3.05, 3.63) is 17.5 Å². The van der Waals surface area contributed by atoms with E-state index in [4.69, 9.17) is 21.4 Å². The fraction of sp³-hybridized carbons (Fsp3) is 0.500. The number of carboxylic acids is 1. The molecule has 2 N–H and O–H groups in total. The molecule has 0 spiro atoms. The predicted molar refractivity (Wildman–Crippen MR) is 61.1 cm³/mol. The van der Waals surface area contributed by atoms with Crippen LogP contribution in [-0.2, 0) is 9.53 Å². The van der Waals surface area contributed by atoms with Gasteiger partial charge in [-0.2, -0.15) is 0 Å². The third-order valence-electron chi connectivity index (χ3n) is 2.50. The molecule has 2 rings (SSSR count). The van der Waals surface area contributed by atoms with Crippen LogP contribution in [0.5, 0.6) is 0 Å². The molecule has 1 aliphatic rings. The molecular formula is C10H12ClN3O3. The lowest BCUT2D eigenvalue weighted by molar-refractivity contribution is -0.149. The Kier molecular flexibility index (Phi) is 3.75. The fourth-order valence-electron chi connectivity index (χ4n) is 1.68. The molecule has 7 heteroatoms. The Morgan fingerprint density at radius 3 is 3.06 bits per heavy atom. The molecule has 0 radical (unpaired) electrons. The Bertz CT molecular complexity index is 416. The van der Waals surface area contributed by atoms with E-state index in [0.29, 0.717) is 23.9 Å². The Morgan fingerprint density at radius 2 is 2.41 bits per heavy atom. The van der Waals surface area contributed by atoms with Gasteiger partial charge in [-0.3, -0.25) is 4.98 Å². The summed E-state index contributed by atoms with van der Waals surface area (Å²) >= 11 is 5.68. The molecule has 1 fully saturated rings. The van der Waals surface area contributed by atoms with E-state index in [0.717, 1.165) is 6.42 Å². The number of rotatable bonds is 4. The van der Waals surface area contributed by atoms with Crippen molar-refractivity contribution in [2.45, 2.75) is 25.0 Å². The third kappa shape index (κ3) is 3.28. The lowest BCUT2D eigenvalue weighted by Crippen LogP contribution is -2.24. The van der Waals surface area contributed by atoms with Gasteiger partial charge in [0, 0.05) is 6.54 Å². The van der Waals surface area contributed by atoms with Crippen LogP contribution in [0.1, 0.15) is 12.8 Å². The highest BCUT2D eigenvalue weighted by atomic mass is 35.5. The van der Waals surface area contributed by atoms with Crippen LogP contribution in [0.15, 0.2) is 12.4 Å². The van der Waals surface area contributed by atoms with E-state index in [1.165, 1.54) is 6.20 Å². The van der Waals surface area contributed by atoms with Crippen LogP contribution in [0.3, 0.4) is 0 Å². The van der Waals surface area contributed by atoms with Crippen LogP contribution in [0.25, 0.3) is 0 Å².